The molecular formula is C16H23N3O2Si. The minimum absolute atomic E-state index is 0.230. The highest BCUT2D eigenvalue weighted by molar-refractivity contribution is 6.47. The Labute approximate surface area is 132 Å². The molecule has 1 aromatic heterocycles. The van der Waals surface area contributed by atoms with Crippen LogP contribution in [0.15, 0.2) is 23.0 Å². The van der Waals surface area contributed by atoms with Crippen molar-refractivity contribution in [2.75, 3.05) is 0 Å². The van der Waals surface area contributed by atoms with Crippen molar-refractivity contribution in [1.29, 1.82) is 0 Å². The fourth-order valence-electron chi connectivity index (χ4n) is 2.01. The van der Waals surface area contributed by atoms with E-state index in [1.165, 1.54) is 12.8 Å². The lowest BCUT2D eigenvalue weighted by molar-refractivity contribution is 0.0995. The molecule has 2 N–H and O–H groups in total. The Balaban J connectivity index is 2.24. The molecule has 1 aliphatic rings. The van der Waals surface area contributed by atoms with E-state index in [1.807, 2.05) is 20.8 Å². The number of hydrogen-bond acceptors (Lipinski definition) is 3. The van der Waals surface area contributed by atoms with Crippen molar-refractivity contribution in [3.63, 3.8) is 0 Å². The van der Waals surface area contributed by atoms with Gasteiger partial charge in [0.25, 0.3) is 5.91 Å². The highest BCUT2D eigenvalue weighted by atomic mass is 28.3. The van der Waals surface area contributed by atoms with Crippen molar-refractivity contribution < 1.29 is 9.26 Å². The number of pyridine rings is 1. The van der Waals surface area contributed by atoms with Gasteiger partial charge in [-0.05, 0) is 30.9 Å². The summed E-state index contributed by atoms with van der Waals surface area (Å²) in [5.74, 6) is 0.228. The van der Waals surface area contributed by atoms with E-state index in [2.05, 4.69) is 9.64 Å². The number of carbonyl (C=O) groups is 1. The molecule has 0 atom stereocenters. The molecular weight excluding hydrogens is 294 g/mol. The number of rotatable bonds is 6. The Kier molecular flexibility index (Phi) is 5.00. The summed E-state index contributed by atoms with van der Waals surface area (Å²) in [4.78, 5) is 15.2. The van der Waals surface area contributed by atoms with Gasteiger partial charge in [0.1, 0.15) is 5.69 Å². The lowest BCUT2D eigenvalue weighted by atomic mass is 10.1. The lowest BCUT2D eigenvalue weighted by Gasteiger charge is -2.13. The summed E-state index contributed by atoms with van der Waals surface area (Å²) in [6.07, 6.45) is 6.02. The van der Waals surface area contributed by atoms with Crippen LogP contribution in [0.3, 0.4) is 0 Å². The molecule has 0 unspecified atom stereocenters. The maximum absolute atomic E-state index is 12.4. The van der Waals surface area contributed by atoms with Crippen LogP contribution in [-0.2, 0) is 4.46 Å². The van der Waals surface area contributed by atoms with Gasteiger partial charge in [0.05, 0.1) is 0 Å². The summed E-state index contributed by atoms with van der Waals surface area (Å²) in [5, 5.41) is -0.323. The normalized spacial score (nSPS) is 15.7. The Hall–Kier alpha value is -1.69. The van der Waals surface area contributed by atoms with Gasteiger partial charge in [-0.25, -0.2) is 0 Å². The van der Waals surface area contributed by atoms with Crippen molar-refractivity contribution in [3.8, 4) is 0 Å². The summed E-state index contributed by atoms with van der Waals surface area (Å²) in [6.45, 7) is 5.81. The van der Waals surface area contributed by atoms with Crippen LogP contribution >= 0.6 is 0 Å². The molecule has 6 heteroatoms. The molecule has 1 aliphatic carbocycles. The van der Waals surface area contributed by atoms with Gasteiger partial charge in [-0.15, -0.1) is 0 Å². The van der Waals surface area contributed by atoms with E-state index in [0.29, 0.717) is 0 Å². The molecule has 22 heavy (non-hydrogen) atoms. The van der Waals surface area contributed by atoms with E-state index in [9.17, 15) is 9.26 Å². The predicted octanol–water partition coefficient (Wildman–Crippen LogP) is 2.88. The molecule has 2 rings (SSSR count). The first-order valence-corrected chi connectivity index (χ1v) is 9.01. The van der Waals surface area contributed by atoms with Crippen LogP contribution in [-0.4, -0.2) is 25.4 Å². The first-order valence-electron chi connectivity index (χ1n) is 7.65. The number of amides is 1. The van der Waals surface area contributed by atoms with Crippen LogP contribution < -0.4 is 5.73 Å². The molecule has 0 aliphatic heterocycles. The molecule has 0 spiro atoms. The fourth-order valence-corrected chi connectivity index (χ4v) is 2.83. The van der Waals surface area contributed by atoms with Crippen LogP contribution in [0.5, 0.6) is 0 Å². The second-order valence-electron chi connectivity index (χ2n) is 6.89. The molecule has 1 fully saturated rings. The average Bonchev–Trinajstić information content (AvgIpc) is 3.26. The summed E-state index contributed by atoms with van der Waals surface area (Å²) in [5.41, 5.74) is 7.09. The molecule has 5 nitrogen and oxygen atoms in total. The summed E-state index contributed by atoms with van der Waals surface area (Å²) in [7, 11) is -2.09. The Bertz CT molecular complexity index is 599. The minimum Gasteiger partial charge on any atom is -0.364 e. The monoisotopic (exact) mass is 317 g/mol. The second kappa shape index (κ2) is 6.60. The lowest BCUT2D eigenvalue weighted by Crippen LogP contribution is -2.17. The Morgan fingerprint density at radius 3 is 2.55 bits per heavy atom. The summed E-state index contributed by atoms with van der Waals surface area (Å²) in [6, 6.07) is 3.38. The van der Waals surface area contributed by atoms with E-state index in [1.54, 1.807) is 18.3 Å². The van der Waals surface area contributed by atoms with E-state index in [0.717, 1.165) is 30.0 Å². The minimum atomic E-state index is -2.09. The van der Waals surface area contributed by atoms with E-state index in [4.69, 9.17) is 5.73 Å². The quantitative estimate of drug-likeness (QED) is 0.646. The fraction of sp³-hybridized carbons (Fsp3) is 0.562. The van der Waals surface area contributed by atoms with Crippen LogP contribution in [0.1, 0.15) is 62.5 Å². The van der Waals surface area contributed by atoms with Crippen LogP contribution in [0.4, 0.5) is 0 Å². The van der Waals surface area contributed by atoms with Gasteiger partial charge < -0.3 is 10.2 Å². The van der Waals surface area contributed by atoms with Gasteiger partial charge in [0, 0.05) is 22.5 Å². The first kappa shape index (κ1) is 16.7. The largest absolute Gasteiger partial charge is 0.424 e. The smallest absolute Gasteiger partial charge is 0.364 e. The number of primary amides is 1. The van der Waals surface area contributed by atoms with E-state index in [-0.39, 0.29) is 10.7 Å². The third-order valence-corrected chi connectivity index (χ3v) is 5.47. The summed E-state index contributed by atoms with van der Waals surface area (Å²) < 4.78 is 16.9. The van der Waals surface area contributed by atoms with Gasteiger partial charge in [-0.3, -0.25) is 14.4 Å². The highest BCUT2D eigenvalue weighted by Crippen LogP contribution is 2.34. The molecule has 118 valence electrons. The summed E-state index contributed by atoms with van der Waals surface area (Å²) >= 11 is 0. The zero-order valence-corrected chi connectivity index (χ0v) is 14.4. The van der Waals surface area contributed by atoms with Crippen molar-refractivity contribution in [2.24, 2.45) is 16.3 Å². The average molecular weight is 317 g/mol. The standard InChI is InChI=1S/C16H23N3O2Si/c1-16(2,3)22(21)19-13(8-6-11-4-5-11)12-7-9-14(15(17)20)18-10-12/h7,9-11H,4-6,8H2,1-3H3,(H2,17,20). The highest BCUT2D eigenvalue weighted by Gasteiger charge is 2.26. The molecule has 0 aromatic carbocycles. The zero-order valence-electron chi connectivity index (χ0n) is 13.4. The second-order valence-corrected chi connectivity index (χ2v) is 9.23. The molecule has 1 saturated carbocycles. The third kappa shape index (κ3) is 4.66. The van der Waals surface area contributed by atoms with Crippen LogP contribution in [0.25, 0.3) is 0 Å². The van der Waals surface area contributed by atoms with Crippen molar-refractivity contribution in [1.82, 2.24) is 4.98 Å². The van der Waals surface area contributed by atoms with Gasteiger partial charge in [-0.1, -0.05) is 33.6 Å². The van der Waals surface area contributed by atoms with Gasteiger partial charge in [0.2, 0.25) is 0 Å². The maximum atomic E-state index is 12.4. The number of carbonyl (C=O) groups excluding carboxylic acids is 1. The predicted molar refractivity (Wildman–Crippen MR) is 87.4 cm³/mol. The molecule has 0 bridgehead atoms. The van der Waals surface area contributed by atoms with Gasteiger partial charge in [0.15, 0.2) is 0 Å². The molecule has 1 amide bonds. The first-order chi connectivity index (χ1) is 10.3. The Morgan fingerprint density at radius 1 is 1.41 bits per heavy atom. The van der Waals surface area contributed by atoms with Gasteiger partial charge >= 0.3 is 8.84 Å². The van der Waals surface area contributed by atoms with Crippen molar-refractivity contribution >= 4 is 20.5 Å². The van der Waals surface area contributed by atoms with E-state index < -0.39 is 14.8 Å². The number of nitrogens with zero attached hydrogens (tertiary/aromatic N) is 2. The molecule has 0 saturated heterocycles. The third-order valence-electron chi connectivity index (χ3n) is 3.71. The van der Waals surface area contributed by atoms with Crippen LogP contribution in [0.2, 0.25) is 5.04 Å². The number of aromatic nitrogens is 1. The number of hydrogen-bond donors (Lipinski definition) is 1. The topological polar surface area (TPSA) is 85.4 Å². The molecule has 1 heterocycles. The van der Waals surface area contributed by atoms with Gasteiger partial charge in [-0.2, -0.15) is 0 Å². The Morgan fingerprint density at radius 2 is 2.09 bits per heavy atom. The molecule has 1 aromatic rings. The van der Waals surface area contributed by atoms with E-state index >= 15 is 0 Å². The maximum Gasteiger partial charge on any atom is 0.424 e. The van der Waals surface area contributed by atoms with Crippen molar-refractivity contribution in [2.45, 2.75) is 51.5 Å². The SMILES string of the molecule is CC(C)(C)[Si](=O)N=C(CCC1CC1)c1ccc(C(N)=O)nc1. The molecule has 0 radical (unpaired) electrons. The van der Waals surface area contributed by atoms with Crippen molar-refractivity contribution in [3.05, 3.63) is 29.6 Å². The number of nitrogens with two attached hydrogens (primary N) is 1. The van der Waals surface area contributed by atoms with Crippen LogP contribution in [0, 0.1) is 5.92 Å². The zero-order chi connectivity index (χ0) is 16.3.